The molecule has 30 heavy (non-hydrogen) atoms. The molecule has 5 nitrogen and oxygen atoms in total. The number of halogens is 2. The van der Waals surface area contributed by atoms with Crippen molar-refractivity contribution in [1.82, 2.24) is 4.90 Å². The van der Waals surface area contributed by atoms with E-state index < -0.39 is 0 Å². The number of nitrogens with zero attached hydrogens (tertiary/aromatic N) is 2. The summed E-state index contributed by atoms with van der Waals surface area (Å²) in [6, 6.07) is 16.2. The molecule has 2 aromatic carbocycles. The average Bonchev–Trinajstić information content (AvgIpc) is 3.31. The molecule has 1 saturated heterocycles. The van der Waals surface area contributed by atoms with E-state index in [-0.39, 0.29) is 11.8 Å². The van der Waals surface area contributed by atoms with Crippen LogP contribution in [0.15, 0.2) is 60.0 Å². The SMILES string of the molecule is O=C(Nc1ccc(N2CCN(C(=O)c3cccs3)CC2)cc1)c1ccc(Cl)c(Cl)c1. The first-order valence-corrected chi connectivity index (χ1v) is 11.1. The summed E-state index contributed by atoms with van der Waals surface area (Å²) in [6.45, 7) is 2.91. The molecular weight excluding hydrogens is 441 g/mol. The lowest BCUT2D eigenvalue weighted by atomic mass is 10.2. The zero-order chi connectivity index (χ0) is 21.1. The van der Waals surface area contributed by atoms with E-state index in [4.69, 9.17) is 23.2 Å². The Morgan fingerprint density at radius 1 is 0.900 bits per heavy atom. The molecule has 2 amide bonds. The minimum absolute atomic E-state index is 0.102. The second-order valence-corrected chi connectivity index (χ2v) is 8.65. The van der Waals surface area contributed by atoms with Gasteiger partial charge in [-0.1, -0.05) is 29.3 Å². The van der Waals surface area contributed by atoms with Crippen LogP contribution in [0.25, 0.3) is 0 Å². The van der Waals surface area contributed by atoms with Gasteiger partial charge in [0, 0.05) is 43.1 Å². The van der Waals surface area contributed by atoms with E-state index in [1.54, 1.807) is 18.2 Å². The van der Waals surface area contributed by atoms with Gasteiger partial charge in [-0.15, -0.1) is 11.3 Å². The van der Waals surface area contributed by atoms with Crippen LogP contribution in [0.3, 0.4) is 0 Å². The van der Waals surface area contributed by atoms with E-state index in [1.165, 1.54) is 11.3 Å². The molecule has 0 unspecified atom stereocenters. The molecule has 1 fully saturated rings. The minimum atomic E-state index is -0.248. The number of carbonyl (C=O) groups is 2. The van der Waals surface area contributed by atoms with Crippen molar-refractivity contribution >= 4 is 57.7 Å². The van der Waals surface area contributed by atoms with Gasteiger partial charge in [0.05, 0.1) is 14.9 Å². The van der Waals surface area contributed by atoms with Crippen molar-refractivity contribution in [2.45, 2.75) is 0 Å². The van der Waals surface area contributed by atoms with E-state index in [2.05, 4.69) is 10.2 Å². The Balaban J connectivity index is 1.34. The standard InChI is InChI=1S/C22H19Cl2N3O2S/c23-18-8-3-15(14-19(18)24)21(28)25-16-4-6-17(7-5-16)26-9-11-27(12-10-26)22(29)20-2-1-13-30-20/h1-8,13-14H,9-12H2,(H,25,28). The first-order chi connectivity index (χ1) is 14.5. The van der Waals surface area contributed by atoms with Gasteiger partial charge in [0.2, 0.25) is 0 Å². The van der Waals surface area contributed by atoms with Gasteiger partial charge in [-0.25, -0.2) is 0 Å². The number of benzene rings is 2. The molecule has 0 radical (unpaired) electrons. The van der Waals surface area contributed by atoms with Crippen LogP contribution in [0.5, 0.6) is 0 Å². The third-order valence-electron chi connectivity index (χ3n) is 4.97. The van der Waals surface area contributed by atoms with Crippen LogP contribution in [0, 0.1) is 0 Å². The Labute approximate surface area is 188 Å². The van der Waals surface area contributed by atoms with Gasteiger partial charge in [-0.05, 0) is 53.9 Å². The van der Waals surface area contributed by atoms with Crippen LogP contribution in [-0.4, -0.2) is 42.9 Å². The number of hydrogen-bond acceptors (Lipinski definition) is 4. The normalized spacial score (nSPS) is 13.9. The lowest BCUT2D eigenvalue weighted by Crippen LogP contribution is -2.48. The van der Waals surface area contributed by atoms with Gasteiger partial charge in [0.15, 0.2) is 0 Å². The van der Waals surface area contributed by atoms with Crippen molar-refractivity contribution in [3.63, 3.8) is 0 Å². The van der Waals surface area contributed by atoms with Crippen molar-refractivity contribution in [1.29, 1.82) is 0 Å². The number of thiophene rings is 1. The second-order valence-electron chi connectivity index (χ2n) is 6.89. The van der Waals surface area contributed by atoms with Crippen molar-refractivity contribution < 1.29 is 9.59 Å². The van der Waals surface area contributed by atoms with Gasteiger partial charge in [-0.2, -0.15) is 0 Å². The molecule has 1 N–H and O–H groups in total. The summed E-state index contributed by atoms with van der Waals surface area (Å²) in [7, 11) is 0. The Kier molecular flexibility index (Phi) is 6.27. The zero-order valence-corrected chi connectivity index (χ0v) is 18.3. The van der Waals surface area contributed by atoms with Crippen molar-refractivity contribution in [3.05, 3.63) is 80.5 Å². The fourth-order valence-corrected chi connectivity index (χ4v) is 4.31. The van der Waals surface area contributed by atoms with E-state index >= 15 is 0 Å². The average molecular weight is 460 g/mol. The highest BCUT2D eigenvalue weighted by atomic mass is 35.5. The van der Waals surface area contributed by atoms with Crippen LogP contribution in [0.2, 0.25) is 10.0 Å². The fourth-order valence-electron chi connectivity index (χ4n) is 3.32. The highest BCUT2D eigenvalue weighted by molar-refractivity contribution is 7.12. The molecule has 0 aliphatic carbocycles. The molecule has 0 bridgehead atoms. The number of piperazine rings is 1. The minimum Gasteiger partial charge on any atom is -0.368 e. The second kappa shape index (κ2) is 9.08. The van der Waals surface area contributed by atoms with Gasteiger partial charge in [0.1, 0.15) is 0 Å². The van der Waals surface area contributed by atoms with Crippen molar-refractivity contribution in [2.24, 2.45) is 0 Å². The van der Waals surface area contributed by atoms with Crippen molar-refractivity contribution in [2.75, 3.05) is 36.4 Å². The molecular formula is C22H19Cl2N3O2S. The van der Waals surface area contributed by atoms with Gasteiger partial charge in [-0.3, -0.25) is 9.59 Å². The van der Waals surface area contributed by atoms with Crippen molar-refractivity contribution in [3.8, 4) is 0 Å². The number of carbonyl (C=O) groups excluding carboxylic acids is 2. The molecule has 3 aromatic rings. The molecule has 2 heterocycles. The number of hydrogen-bond donors (Lipinski definition) is 1. The first kappa shape index (κ1) is 20.7. The molecule has 1 aliphatic rings. The summed E-state index contributed by atoms with van der Waals surface area (Å²) in [4.78, 5) is 29.8. The molecule has 154 valence electrons. The largest absolute Gasteiger partial charge is 0.368 e. The summed E-state index contributed by atoms with van der Waals surface area (Å²) in [6.07, 6.45) is 0. The third kappa shape index (κ3) is 4.61. The molecule has 0 spiro atoms. The smallest absolute Gasteiger partial charge is 0.264 e. The molecule has 8 heteroatoms. The van der Waals surface area contributed by atoms with Gasteiger partial charge < -0.3 is 15.1 Å². The number of nitrogens with one attached hydrogen (secondary N) is 1. The van der Waals surface area contributed by atoms with Crippen LogP contribution < -0.4 is 10.2 Å². The summed E-state index contributed by atoms with van der Waals surface area (Å²) < 4.78 is 0. The first-order valence-electron chi connectivity index (χ1n) is 9.45. The fraction of sp³-hybridized carbons (Fsp3) is 0.182. The molecule has 0 atom stereocenters. The van der Waals surface area contributed by atoms with Crippen LogP contribution in [-0.2, 0) is 0 Å². The predicted octanol–water partition coefficient (Wildman–Crippen LogP) is 5.27. The molecule has 4 rings (SSSR count). The van der Waals surface area contributed by atoms with E-state index in [0.717, 1.165) is 23.7 Å². The molecule has 1 aliphatic heterocycles. The van der Waals surface area contributed by atoms with Gasteiger partial charge in [0.25, 0.3) is 11.8 Å². The molecule has 0 saturated carbocycles. The highest BCUT2D eigenvalue weighted by Gasteiger charge is 2.22. The Hall–Kier alpha value is -2.54. The van der Waals surface area contributed by atoms with Crippen LogP contribution in [0.4, 0.5) is 11.4 Å². The topological polar surface area (TPSA) is 52.7 Å². The lowest BCUT2D eigenvalue weighted by Gasteiger charge is -2.36. The quantitative estimate of drug-likeness (QED) is 0.577. The predicted molar refractivity (Wildman–Crippen MR) is 123 cm³/mol. The lowest BCUT2D eigenvalue weighted by molar-refractivity contribution is 0.0751. The Morgan fingerprint density at radius 3 is 2.27 bits per heavy atom. The monoisotopic (exact) mass is 459 g/mol. The number of anilines is 2. The van der Waals surface area contributed by atoms with Gasteiger partial charge >= 0.3 is 0 Å². The Morgan fingerprint density at radius 2 is 1.63 bits per heavy atom. The summed E-state index contributed by atoms with van der Waals surface area (Å²) >= 11 is 13.4. The maximum atomic E-state index is 12.5. The number of rotatable bonds is 4. The number of amides is 2. The van der Waals surface area contributed by atoms with E-state index in [1.807, 2.05) is 46.7 Å². The summed E-state index contributed by atoms with van der Waals surface area (Å²) in [5.74, 6) is -0.146. The third-order valence-corrected chi connectivity index (χ3v) is 6.57. The zero-order valence-electron chi connectivity index (χ0n) is 16.0. The van der Waals surface area contributed by atoms with E-state index in [9.17, 15) is 9.59 Å². The Bertz CT molecular complexity index is 1050. The summed E-state index contributed by atoms with van der Waals surface area (Å²) in [5.41, 5.74) is 2.20. The van der Waals surface area contributed by atoms with Crippen LogP contribution >= 0.6 is 34.5 Å². The maximum absolute atomic E-state index is 12.5. The highest BCUT2D eigenvalue weighted by Crippen LogP contribution is 2.24. The van der Waals surface area contributed by atoms with E-state index in [0.29, 0.717) is 34.4 Å². The molecule has 1 aromatic heterocycles. The van der Waals surface area contributed by atoms with Crippen LogP contribution in [0.1, 0.15) is 20.0 Å². The summed E-state index contributed by atoms with van der Waals surface area (Å²) in [5, 5.41) is 5.54. The maximum Gasteiger partial charge on any atom is 0.264 e.